The zero-order valence-electron chi connectivity index (χ0n) is 19.9. The summed E-state index contributed by atoms with van der Waals surface area (Å²) in [6, 6.07) is 0.262. The Morgan fingerprint density at radius 2 is 1.63 bits per heavy atom. The van der Waals surface area contributed by atoms with Crippen LogP contribution in [0.25, 0.3) is 0 Å². The first-order valence-corrected chi connectivity index (χ1v) is 11.2. The highest BCUT2D eigenvalue weighted by molar-refractivity contribution is 5.80. The lowest BCUT2D eigenvalue weighted by Gasteiger charge is -2.35. The summed E-state index contributed by atoms with van der Waals surface area (Å²) in [5, 5.41) is 9.85. The van der Waals surface area contributed by atoms with Gasteiger partial charge >= 0.3 is 12.1 Å². The lowest BCUT2D eigenvalue weighted by Crippen LogP contribution is -2.57. The molecule has 0 heterocycles. The second-order valence-corrected chi connectivity index (χ2v) is 8.99. The Hall–Kier alpha value is -1.99. The van der Waals surface area contributed by atoms with Gasteiger partial charge in [0.15, 0.2) is 5.96 Å². The minimum Gasteiger partial charge on any atom is -0.466 e. The molecule has 0 radical (unpaired) electrons. The van der Waals surface area contributed by atoms with Gasteiger partial charge in [-0.1, -0.05) is 13.8 Å². The van der Waals surface area contributed by atoms with Crippen molar-refractivity contribution in [3.05, 3.63) is 0 Å². The van der Waals surface area contributed by atoms with Crippen LogP contribution in [0, 0.1) is 5.92 Å². The number of rotatable bonds is 8. The smallest absolute Gasteiger partial charge is 0.408 e. The Bertz CT molecular complexity index is 574. The standard InChI is InChI=1S/C22H42N4O4/c1-8-22(9-2,26-20(28)30-21(4,5)6)15-24-19(23-7)25-17-13-11-16(12-14-17)18(27)29-10-3/h16-17H,8-15H2,1-7H3,(H,26,28)(H2,23,24,25). The van der Waals surface area contributed by atoms with Crippen LogP contribution >= 0.6 is 0 Å². The Morgan fingerprint density at radius 1 is 1.03 bits per heavy atom. The molecule has 1 fully saturated rings. The molecule has 1 aliphatic rings. The van der Waals surface area contributed by atoms with E-state index < -0.39 is 17.2 Å². The molecule has 3 N–H and O–H groups in total. The van der Waals surface area contributed by atoms with E-state index in [1.54, 1.807) is 7.05 Å². The van der Waals surface area contributed by atoms with Gasteiger partial charge in [-0.15, -0.1) is 0 Å². The van der Waals surface area contributed by atoms with Crippen LogP contribution in [0.1, 0.15) is 80.1 Å². The molecule has 174 valence electrons. The molecule has 8 heteroatoms. The summed E-state index contributed by atoms with van der Waals surface area (Å²) in [4.78, 5) is 28.6. The van der Waals surface area contributed by atoms with E-state index in [-0.39, 0.29) is 17.9 Å². The molecule has 1 saturated carbocycles. The van der Waals surface area contributed by atoms with Crippen LogP contribution in [0.15, 0.2) is 4.99 Å². The summed E-state index contributed by atoms with van der Waals surface area (Å²) < 4.78 is 10.6. The fourth-order valence-corrected chi connectivity index (χ4v) is 3.62. The Labute approximate surface area is 181 Å². The molecule has 1 amide bonds. The number of aliphatic imine (C=N–C) groups is 1. The highest BCUT2D eigenvalue weighted by atomic mass is 16.6. The first-order chi connectivity index (χ1) is 14.1. The van der Waals surface area contributed by atoms with Crippen molar-refractivity contribution in [1.82, 2.24) is 16.0 Å². The van der Waals surface area contributed by atoms with E-state index in [4.69, 9.17) is 9.47 Å². The maximum absolute atomic E-state index is 12.3. The minimum atomic E-state index is -0.537. The first-order valence-electron chi connectivity index (χ1n) is 11.2. The van der Waals surface area contributed by atoms with E-state index in [1.807, 2.05) is 27.7 Å². The fraction of sp³-hybridized carbons (Fsp3) is 0.864. The van der Waals surface area contributed by atoms with Gasteiger partial charge in [-0.2, -0.15) is 0 Å². The molecule has 1 aliphatic carbocycles. The molecular formula is C22H42N4O4. The van der Waals surface area contributed by atoms with Gasteiger partial charge in [-0.3, -0.25) is 9.79 Å². The van der Waals surface area contributed by atoms with Crippen molar-refractivity contribution in [2.75, 3.05) is 20.2 Å². The van der Waals surface area contributed by atoms with Crippen LogP contribution in [0.5, 0.6) is 0 Å². The number of nitrogens with one attached hydrogen (secondary N) is 3. The van der Waals surface area contributed by atoms with E-state index in [1.165, 1.54) is 0 Å². The third-order valence-electron chi connectivity index (χ3n) is 5.63. The van der Waals surface area contributed by atoms with Crippen LogP contribution in [-0.4, -0.2) is 55.4 Å². The molecule has 0 aromatic carbocycles. The van der Waals surface area contributed by atoms with E-state index >= 15 is 0 Å². The lowest BCUT2D eigenvalue weighted by molar-refractivity contribution is -0.149. The third-order valence-corrected chi connectivity index (χ3v) is 5.63. The van der Waals surface area contributed by atoms with Crippen LogP contribution in [-0.2, 0) is 14.3 Å². The van der Waals surface area contributed by atoms with E-state index in [0.29, 0.717) is 19.1 Å². The average molecular weight is 427 g/mol. The lowest BCUT2D eigenvalue weighted by atomic mass is 9.86. The normalized spacial score (nSPS) is 20.3. The molecule has 0 saturated heterocycles. The van der Waals surface area contributed by atoms with Crippen LogP contribution < -0.4 is 16.0 Å². The third kappa shape index (κ3) is 8.79. The topological polar surface area (TPSA) is 101 Å². The molecule has 0 aromatic heterocycles. The maximum atomic E-state index is 12.3. The molecule has 0 spiro atoms. The number of alkyl carbamates (subject to hydrolysis) is 1. The van der Waals surface area contributed by atoms with Gasteiger partial charge < -0.3 is 25.4 Å². The summed E-state index contributed by atoms with van der Waals surface area (Å²) in [7, 11) is 1.74. The van der Waals surface area contributed by atoms with Crippen LogP contribution in [0.3, 0.4) is 0 Å². The summed E-state index contributed by atoms with van der Waals surface area (Å²) in [6.45, 7) is 12.5. The molecule has 0 aliphatic heterocycles. The summed E-state index contributed by atoms with van der Waals surface area (Å²) in [6.07, 6.45) is 4.55. The van der Waals surface area contributed by atoms with Crippen molar-refractivity contribution >= 4 is 18.0 Å². The highest BCUT2D eigenvalue weighted by Crippen LogP contribution is 2.25. The monoisotopic (exact) mass is 426 g/mol. The minimum absolute atomic E-state index is 0.00355. The van der Waals surface area contributed by atoms with Crippen molar-refractivity contribution in [3.63, 3.8) is 0 Å². The number of esters is 1. The summed E-state index contributed by atoms with van der Waals surface area (Å²) in [5.41, 5.74) is -0.966. The number of hydrogen-bond acceptors (Lipinski definition) is 5. The zero-order chi connectivity index (χ0) is 22.8. The number of amides is 1. The second-order valence-electron chi connectivity index (χ2n) is 8.99. The molecule has 0 aromatic rings. The first kappa shape index (κ1) is 26.0. The second kappa shape index (κ2) is 12.0. The predicted molar refractivity (Wildman–Crippen MR) is 120 cm³/mol. The van der Waals surface area contributed by atoms with E-state index in [9.17, 15) is 9.59 Å². The van der Waals surface area contributed by atoms with E-state index in [0.717, 1.165) is 38.5 Å². The Morgan fingerprint density at radius 3 is 2.10 bits per heavy atom. The number of guanidine groups is 1. The van der Waals surface area contributed by atoms with Gasteiger partial charge in [0.05, 0.1) is 18.1 Å². The highest BCUT2D eigenvalue weighted by Gasteiger charge is 2.31. The molecule has 0 atom stereocenters. The number of carbonyl (C=O) groups is 2. The zero-order valence-corrected chi connectivity index (χ0v) is 19.9. The van der Waals surface area contributed by atoms with Crippen molar-refractivity contribution in [2.24, 2.45) is 10.9 Å². The average Bonchev–Trinajstić information content (AvgIpc) is 2.69. The molecule has 0 bridgehead atoms. The predicted octanol–water partition coefficient (Wildman–Crippen LogP) is 3.36. The Kier molecular flexibility index (Phi) is 10.4. The quantitative estimate of drug-likeness (QED) is 0.313. The molecule has 0 unspecified atom stereocenters. The number of ether oxygens (including phenoxy) is 2. The summed E-state index contributed by atoms with van der Waals surface area (Å²) in [5.74, 6) is 0.623. The van der Waals surface area contributed by atoms with Gasteiger partial charge in [0.1, 0.15) is 5.60 Å². The fourth-order valence-electron chi connectivity index (χ4n) is 3.62. The van der Waals surface area contributed by atoms with Gasteiger partial charge in [0.25, 0.3) is 0 Å². The van der Waals surface area contributed by atoms with Crippen molar-refractivity contribution in [3.8, 4) is 0 Å². The van der Waals surface area contributed by atoms with Crippen molar-refractivity contribution in [2.45, 2.75) is 97.2 Å². The van der Waals surface area contributed by atoms with Crippen molar-refractivity contribution in [1.29, 1.82) is 0 Å². The Balaban J connectivity index is 2.58. The van der Waals surface area contributed by atoms with Gasteiger partial charge in [-0.05, 0) is 66.2 Å². The van der Waals surface area contributed by atoms with Crippen LogP contribution in [0.2, 0.25) is 0 Å². The number of hydrogen-bond donors (Lipinski definition) is 3. The van der Waals surface area contributed by atoms with Crippen molar-refractivity contribution < 1.29 is 19.1 Å². The maximum Gasteiger partial charge on any atom is 0.408 e. The van der Waals surface area contributed by atoms with Crippen LogP contribution in [0.4, 0.5) is 4.79 Å². The number of nitrogens with zero attached hydrogens (tertiary/aromatic N) is 1. The van der Waals surface area contributed by atoms with Gasteiger partial charge in [-0.25, -0.2) is 4.79 Å². The number of carbonyl (C=O) groups excluding carboxylic acids is 2. The summed E-state index contributed by atoms with van der Waals surface area (Å²) >= 11 is 0. The molecule has 1 rings (SSSR count). The molecule has 8 nitrogen and oxygen atoms in total. The van der Waals surface area contributed by atoms with Gasteiger partial charge in [0.2, 0.25) is 0 Å². The molecule has 30 heavy (non-hydrogen) atoms. The van der Waals surface area contributed by atoms with Gasteiger partial charge in [0, 0.05) is 19.6 Å². The largest absolute Gasteiger partial charge is 0.466 e. The SMILES string of the molecule is CCOC(=O)C1CCC(NC(=NC)NCC(CC)(CC)NC(=O)OC(C)(C)C)CC1. The van der Waals surface area contributed by atoms with E-state index in [2.05, 4.69) is 34.8 Å². The molecular weight excluding hydrogens is 384 g/mol.